The van der Waals surface area contributed by atoms with Crippen LogP contribution in [0.1, 0.15) is 5.69 Å². The smallest absolute Gasteiger partial charge is 0.0848 e. The van der Waals surface area contributed by atoms with Crippen LogP contribution in [-0.2, 0) is 6.42 Å². The molecule has 0 radical (unpaired) electrons. The monoisotopic (exact) mass is 268 g/mol. The maximum Gasteiger partial charge on any atom is 0.0848 e. The lowest BCUT2D eigenvalue weighted by molar-refractivity contribution is 0.212. The number of aromatic nitrogens is 1. The van der Waals surface area contributed by atoms with Crippen LogP contribution in [0, 0.1) is 0 Å². The molecule has 80 valence electrons. The molecule has 1 atom stereocenters. The summed E-state index contributed by atoms with van der Waals surface area (Å²) in [6, 6.07) is 3.88. The number of aliphatic hydroxyl groups excluding tert-OH is 1. The van der Waals surface area contributed by atoms with Gasteiger partial charge in [0.2, 0.25) is 0 Å². The van der Waals surface area contributed by atoms with Crippen LogP contribution in [0.3, 0.4) is 0 Å². The summed E-state index contributed by atoms with van der Waals surface area (Å²) >= 11 is 3.47. The summed E-state index contributed by atoms with van der Waals surface area (Å²) < 4.78 is 1.02. The Morgan fingerprint density at radius 2 is 2.47 bits per heavy atom. The first-order valence-corrected chi connectivity index (χ1v) is 5.73. The van der Waals surface area contributed by atoms with E-state index in [0.29, 0.717) is 6.54 Å². The van der Waals surface area contributed by atoms with Crippen molar-refractivity contribution in [1.29, 1.82) is 0 Å². The molecule has 0 amide bonds. The van der Waals surface area contributed by atoms with Crippen LogP contribution >= 0.6 is 15.9 Å². The lowest BCUT2D eigenvalue weighted by atomic mass is 10.0. The Morgan fingerprint density at radius 3 is 3.20 bits per heavy atom. The molecule has 0 spiro atoms. The normalized spacial score (nSPS) is 21.2. The van der Waals surface area contributed by atoms with Gasteiger partial charge in [0.1, 0.15) is 0 Å². The molecule has 0 aromatic carbocycles. The largest absolute Gasteiger partial charge is 0.388 e. The Bertz CT molecular complexity index is 379. The summed E-state index contributed by atoms with van der Waals surface area (Å²) in [6.45, 7) is 1.48. The molecule has 15 heavy (non-hydrogen) atoms. The van der Waals surface area contributed by atoms with Crippen molar-refractivity contribution >= 4 is 15.9 Å². The van der Waals surface area contributed by atoms with Crippen LogP contribution in [0.15, 0.2) is 34.5 Å². The van der Waals surface area contributed by atoms with Gasteiger partial charge in [-0.2, -0.15) is 0 Å². The topological polar surface area (TPSA) is 45.2 Å². The van der Waals surface area contributed by atoms with E-state index in [0.717, 1.165) is 23.1 Å². The summed E-state index contributed by atoms with van der Waals surface area (Å²) in [5.74, 6) is 0. The van der Waals surface area contributed by atoms with Crippen molar-refractivity contribution < 1.29 is 5.11 Å². The first-order chi connectivity index (χ1) is 7.25. The van der Waals surface area contributed by atoms with E-state index in [2.05, 4.69) is 26.2 Å². The van der Waals surface area contributed by atoms with Crippen molar-refractivity contribution in [2.45, 2.75) is 12.5 Å². The molecule has 3 nitrogen and oxygen atoms in total. The number of rotatable bonds is 2. The number of hydrogen-bond donors (Lipinski definition) is 2. The van der Waals surface area contributed by atoms with Crippen molar-refractivity contribution in [3.63, 3.8) is 0 Å². The fraction of sp³-hybridized carbons (Fsp3) is 0.364. The van der Waals surface area contributed by atoms with Crippen LogP contribution < -0.4 is 5.32 Å². The highest BCUT2D eigenvalue weighted by Gasteiger charge is 2.11. The van der Waals surface area contributed by atoms with Gasteiger partial charge >= 0.3 is 0 Å². The Kier molecular flexibility index (Phi) is 3.51. The van der Waals surface area contributed by atoms with E-state index in [1.54, 1.807) is 6.20 Å². The Balaban J connectivity index is 2.12. The third-order valence-corrected chi connectivity index (χ3v) is 3.08. The van der Waals surface area contributed by atoms with E-state index in [1.165, 1.54) is 5.57 Å². The summed E-state index contributed by atoms with van der Waals surface area (Å²) in [6.07, 6.45) is 4.12. The predicted molar refractivity (Wildman–Crippen MR) is 62.6 cm³/mol. The van der Waals surface area contributed by atoms with Gasteiger partial charge in [0.25, 0.3) is 0 Å². The van der Waals surface area contributed by atoms with E-state index in [9.17, 15) is 5.11 Å². The summed E-state index contributed by atoms with van der Waals surface area (Å²) in [5.41, 5.74) is 2.20. The number of halogens is 1. The third-order valence-electron chi connectivity index (χ3n) is 2.36. The molecule has 0 fully saturated rings. The van der Waals surface area contributed by atoms with E-state index >= 15 is 0 Å². The van der Waals surface area contributed by atoms with Gasteiger partial charge in [-0.15, -0.1) is 0 Å². The zero-order valence-electron chi connectivity index (χ0n) is 8.28. The zero-order valence-corrected chi connectivity index (χ0v) is 9.87. The number of nitrogens with zero attached hydrogens (tertiary/aromatic N) is 1. The molecular formula is C11H13BrN2O. The van der Waals surface area contributed by atoms with E-state index in [4.69, 9.17) is 0 Å². The number of nitrogens with one attached hydrogen (secondary N) is 1. The second kappa shape index (κ2) is 4.88. The maximum atomic E-state index is 9.46. The zero-order chi connectivity index (χ0) is 10.7. The molecule has 0 aliphatic carbocycles. The standard InChI is InChI=1S/C11H13BrN2O/c12-10-2-1-3-14-11(10)5-8-4-9(15)7-13-6-8/h1-4,9,13,15H,5-7H2. The summed E-state index contributed by atoms with van der Waals surface area (Å²) in [7, 11) is 0. The fourth-order valence-electron chi connectivity index (χ4n) is 1.66. The van der Waals surface area contributed by atoms with E-state index in [-0.39, 0.29) is 6.10 Å². The molecule has 2 N–H and O–H groups in total. The minimum absolute atomic E-state index is 0.365. The predicted octanol–water partition coefficient (Wildman–Crippen LogP) is 1.28. The minimum Gasteiger partial charge on any atom is -0.388 e. The third kappa shape index (κ3) is 2.87. The second-order valence-electron chi connectivity index (χ2n) is 3.63. The molecule has 2 heterocycles. The van der Waals surface area contributed by atoms with Gasteiger partial charge in [-0.25, -0.2) is 0 Å². The molecule has 4 heteroatoms. The lowest BCUT2D eigenvalue weighted by Crippen LogP contribution is -2.32. The molecular weight excluding hydrogens is 256 g/mol. The van der Waals surface area contributed by atoms with Crippen molar-refractivity contribution in [2.24, 2.45) is 0 Å². The van der Waals surface area contributed by atoms with Crippen LogP contribution in [0.5, 0.6) is 0 Å². The number of pyridine rings is 1. The van der Waals surface area contributed by atoms with Gasteiger partial charge in [-0.3, -0.25) is 4.98 Å². The van der Waals surface area contributed by atoms with Gasteiger partial charge in [0.15, 0.2) is 0 Å². The molecule has 0 saturated carbocycles. The molecule has 1 unspecified atom stereocenters. The van der Waals surface area contributed by atoms with Gasteiger partial charge in [0.05, 0.1) is 11.8 Å². The molecule has 1 aromatic rings. The van der Waals surface area contributed by atoms with Crippen molar-refractivity contribution in [1.82, 2.24) is 10.3 Å². The SMILES string of the molecule is OC1C=C(Cc2ncccc2Br)CNC1. The highest BCUT2D eigenvalue weighted by Crippen LogP contribution is 2.17. The van der Waals surface area contributed by atoms with Gasteiger partial charge in [-0.1, -0.05) is 11.6 Å². The Labute approximate surface area is 97.4 Å². The highest BCUT2D eigenvalue weighted by molar-refractivity contribution is 9.10. The Hall–Kier alpha value is -0.710. The quantitative estimate of drug-likeness (QED) is 0.795. The summed E-state index contributed by atoms with van der Waals surface area (Å²) in [5, 5.41) is 12.6. The van der Waals surface area contributed by atoms with Crippen LogP contribution in [0.25, 0.3) is 0 Å². The van der Waals surface area contributed by atoms with Crippen LogP contribution in [0.2, 0.25) is 0 Å². The van der Waals surface area contributed by atoms with Crippen molar-refractivity contribution in [2.75, 3.05) is 13.1 Å². The second-order valence-corrected chi connectivity index (χ2v) is 4.49. The fourth-order valence-corrected chi connectivity index (χ4v) is 2.05. The average molecular weight is 269 g/mol. The van der Waals surface area contributed by atoms with Gasteiger partial charge < -0.3 is 10.4 Å². The molecule has 1 aliphatic heterocycles. The first kappa shape index (κ1) is 10.8. The van der Waals surface area contributed by atoms with Crippen LogP contribution in [-0.4, -0.2) is 29.3 Å². The summed E-state index contributed by atoms with van der Waals surface area (Å²) in [4.78, 5) is 4.30. The molecule has 1 aromatic heterocycles. The van der Waals surface area contributed by atoms with Crippen LogP contribution in [0.4, 0.5) is 0 Å². The maximum absolute atomic E-state index is 9.46. The van der Waals surface area contributed by atoms with Crippen molar-refractivity contribution in [3.05, 3.63) is 40.1 Å². The molecule has 0 saturated heterocycles. The number of aliphatic hydroxyl groups is 1. The molecule has 0 bridgehead atoms. The lowest BCUT2D eigenvalue weighted by Gasteiger charge is -2.18. The van der Waals surface area contributed by atoms with E-state index in [1.807, 2.05) is 18.2 Å². The van der Waals surface area contributed by atoms with Gasteiger partial charge in [-0.05, 0) is 28.1 Å². The minimum atomic E-state index is -0.365. The molecule has 1 aliphatic rings. The average Bonchev–Trinajstić information content (AvgIpc) is 2.22. The van der Waals surface area contributed by atoms with Crippen molar-refractivity contribution in [3.8, 4) is 0 Å². The first-order valence-electron chi connectivity index (χ1n) is 4.93. The van der Waals surface area contributed by atoms with E-state index < -0.39 is 0 Å². The Morgan fingerprint density at radius 1 is 1.60 bits per heavy atom. The number of hydrogen-bond acceptors (Lipinski definition) is 3. The number of β-amino-alcohol motifs (C(OH)–C–C–N with tert-alkyl or cyclic N) is 1. The highest BCUT2D eigenvalue weighted by atomic mass is 79.9. The molecule has 2 rings (SSSR count). The van der Waals surface area contributed by atoms with Gasteiger partial charge in [0, 0.05) is 30.2 Å².